The third-order valence-electron chi connectivity index (χ3n) is 8.00. The molecule has 0 aliphatic carbocycles. The van der Waals surface area contributed by atoms with Gasteiger partial charge in [-0.2, -0.15) is 0 Å². The smallest absolute Gasteiger partial charge is 0.133 e. The van der Waals surface area contributed by atoms with Gasteiger partial charge in [-0.05, 0) is 52.3 Å². The molecule has 3 heterocycles. The molecular weight excluding hydrogens is 783 g/mol. The zero-order valence-electron chi connectivity index (χ0n) is 26.9. The Morgan fingerprint density at radius 3 is 2.28 bits per heavy atom. The van der Waals surface area contributed by atoms with Crippen LogP contribution in [0.5, 0.6) is 0 Å². The first-order valence-corrected chi connectivity index (χ1v) is 18.8. The minimum Gasteiger partial charge on any atom is -0.501 e. The average molecular weight is 817 g/mol. The number of furan rings is 1. The summed E-state index contributed by atoms with van der Waals surface area (Å²) in [5.74, 6) is -0.818. The van der Waals surface area contributed by atoms with Crippen molar-refractivity contribution in [1.82, 2.24) is 9.97 Å². The van der Waals surface area contributed by atoms with Gasteiger partial charge in [0.2, 0.25) is 0 Å². The molecule has 0 aliphatic rings. The van der Waals surface area contributed by atoms with Crippen molar-refractivity contribution in [3.63, 3.8) is 0 Å². The minimum absolute atomic E-state index is 0. The third kappa shape index (κ3) is 7.49. The molecule has 47 heavy (non-hydrogen) atoms. The molecule has 4 aromatic carbocycles. The van der Waals surface area contributed by atoms with Crippen LogP contribution >= 0.6 is 0 Å². The second-order valence-electron chi connectivity index (χ2n) is 12.6. The van der Waals surface area contributed by atoms with E-state index in [1.165, 1.54) is 22.9 Å². The van der Waals surface area contributed by atoms with Crippen molar-refractivity contribution in [2.75, 3.05) is 0 Å². The molecule has 0 spiro atoms. The number of halogens is 2. The van der Waals surface area contributed by atoms with E-state index in [1.807, 2.05) is 60.8 Å². The first-order chi connectivity index (χ1) is 22.1. The summed E-state index contributed by atoms with van der Waals surface area (Å²) >= 11 is 0. The maximum atomic E-state index is 14.2. The molecule has 7 heteroatoms. The van der Waals surface area contributed by atoms with E-state index in [4.69, 9.17) is 4.42 Å². The second-order valence-corrected chi connectivity index (χ2v) is 17.7. The van der Waals surface area contributed by atoms with Gasteiger partial charge in [0.25, 0.3) is 0 Å². The number of rotatable bonds is 5. The molecule has 0 atom stereocenters. The van der Waals surface area contributed by atoms with Crippen molar-refractivity contribution in [3.05, 3.63) is 139 Å². The Bertz CT molecular complexity index is 2140. The molecule has 0 unspecified atom stereocenters. The van der Waals surface area contributed by atoms with E-state index >= 15 is 0 Å². The number of fused-ring (bicyclic) bond motifs is 3. The van der Waals surface area contributed by atoms with Gasteiger partial charge in [-0.15, -0.1) is 54.1 Å². The number of benzene rings is 4. The van der Waals surface area contributed by atoms with Gasteiger partial charge in [-0.3, -0.25) is 0 Å². The van der Waals surface area contributed by atoms with Crippen LogP contribution in [0.1, 0.15) is 25.3 Å². The summed E-state index contributed by atoms with van der Waals surface area (Å²) in [5.41, 5.74) is 7.13. The Hall–Kier alpha value is -4.29. The predicted molar refractivity (Wildman–Crippen MR) is 187 cm³/mol. The van der Waals surface area contributed by atoms with Crippen LogP contribution in [0.4, 0.5) is 8.78 Å². The summed E-state index contributed by atoms with van der Waals surface area (Å²) in [6, 6.07) is 35.7. The zero-order valence-corrected chi connectivity index (χ0v) is 30.3. The van der Waals surface area contributed by atoms with E-state index in [2.05, 4.69) is 73.8 Å². The Balaban J connectivity index is 0.000000217. The fraction of sp³-hybridized carbons (Fsp3) is 0.150. The molecule has 0 fully saturated rings. The van der Waals surface area contributed by atoms with Crippen molar-refractivity contribution in [1.29, 1.82) is 0 Å². The summed E-state index contributed by atoms with van der Waals surface area (Å²) in [5, 5.41) is 3.26. The maximum absolute atomic E-state index is 14.2. The van der Waals surface area contributed by atoms with Crippen LogP contribution in [0, 0.1) is 23.8 Å². The maximum Gasteiger partial charge on any atom is 0.133 e. The van der Waals surface area contributed by atoms with E-state index in [0.29, 0.717) is 28.2 Å². The van der Waals surface area contributed by atoms with Crippen molar-refractivity contribution < 1.29 is 33.3 Å². The molecule has 0 amide bonds. The van der Waals surface area contributed by atoms with E-state index in [0.717, 1.165) is 39.4 Å². The zero-order chi connectivity index (χ0) is 32.4. The summed E-state index contributed by atoms with van der Waals surface area (Å²) in [6.45, 7) is 11.3. The number of hydrogen-bond donors (Lipinski definition) is 0. The van der Waals surface area contributed by atoms with Crippen molar-refractivity contribution in [2.45, 2.75) is 39.4 Å². The van der Waals surface area contributed by atoms with Gasteiger partial charge in [0.05, 0.1) is 13.7 Å². The van der Waals surface area contributed by atoms with Gasteiger partial charge in [0.1, 0.15) is 17.2 Å². The number of aromatic nitrogens is 2. The van der Waals surface area contributed by atoms with E-state index < -0.39 is 19.7 Å². The standard InChI is InChI=1S/C26H18F2NO.C14H16NSi.Ir/c1-15(2)16-10-11-29-24(12-16)22-5-3-4-21-20-8-6-17(13-25(20)30-26(21)22)19-9-7-18(27)14-23(19)28;1-16(2,3)13-9-10-14(15-11-13)12-7-5-4-6-8-12;/h3-4,6-15H,1-2H3;4-7,9-11H,1-3H3;/q2*-1;. The minimum atomic E-state index is -1.23. The Morgan fingerprint density at radius 2 is 1.60 bits per heavy atom. The predicted octanol–water partition coefficient (Wildman–Crippen LogP) is 10.6. The summed E-state index contributed by atoms with van der Waals surface area (Å²) in [7, 11) is -1.23. The van der Waals surface area contributed by atoms with Crippen LogP contribution in [0.15, 0.2) is 114 Å². The van der Waals surface area contributed by atoms with Crippen LogP contribution in [0.3, 0.4) is 0 Å². The van der Waals surface area contributed by atoms with Gasteiger partial charge in [0.15, 0.2) is 0 Å². The fourth-order valence-electron chi connectivity index (χ4n) is 5.32. The quantitative estimate of drug-likeness (QED) is 0.128. The third-order valence-corrected chi connectivity index (χ3v) is 10.0. The molecular formula is C40H34F2IrN2OSi-2. The molecule has 0 saturated heterocycles. The number of hydrogen-bond acceptors (Lipinski definition) is 3. The molecule has 239 valence electrons. The average Bonchev–Trinajstić information content (AvgIpc) is 3.43. The topological polar surface area (TPSA) is 38.9 Å². The molecule has 0 N–H and O–H groups in total. The molecule has 0 aliphatic heterocycles. The van der Waals surface area contributed by atoms with Crippen LogP contribution in [0.25, 0.3) is 55.6 Å². The van der Waals surface area contributed by atoms with E-state index in [1.54, 1.807) is 12.3 Å². The van der Waals surface area contributed by atoms with Crippen LogP contribution in [0.2, 0.25) is 19.6 Å². The first kappa shape index (κ1) is 34.1. The first-order valence-electron chi connectivity index (χ1n) is 15.3. The van der Waals surface area contributed by atoms with Crippen molar-refractivity contribution in [3.8, 4) is 33.6 Å². The molecule has 0 bridgehead atoms. The molecule has 3 nitrogen and oxygen atoms in total. The number of nitrogens with zero attached hydrogens (tertiary/aromatic N) is 2. The van der Waals surface area contributed by atoms with Gasteiger partial charge in [-0.1, -0.05) is 80.3 Å². The van der Waals surface area contributed by atoms with Crippen molar-refractivity contribution >= 4 is 35.2 Å². The van der Waals surface area contributed by atoms with Gasteiger partial charge < -0.3 is 14.4 Å². The normalized spacial score (nSPS) is 11.3. The van der Waals surface area contributed by atoms with Gasteiger partial charge in [-0.25, -0.2) is 8.78 Å². The second kappa shape index (κ2) is 14.2. The molecule has 7 aromatic rings. The van der Waals surface area contributed by atoms with Gasteiger partial charge >= 0.3 is 0 Å². The van der Waals surface area contributed by atoms with E-state index in [-0.39, 0.29) is 20.1 Å². The Kier molecular flexibility index (Phi) is 10.3. The fourth-order valence-corrected chi connectivity index (χ4v) is 6.35. The van der Waals surface area contributed by atoms with E-state index in [9.17, 15) is 8.78 Å². The Labute approximate surface area is 289 Å². The molecule has 1 radical (unpaired) electrons. The largest absolute Gasteiger partial charge is 0.501 e. The summed E-state index contributed by atoms with van der Waals surface area (Å²) in [4.78, 5) is 9.04. The molecule has 3 aromatic heterocycles. The van der Waals surface area contributed by atoms with Crippen LogP contribution in [-0.2, 0) is 20.1 Å². The SMILES string of the molecule is CC(C)c1ccnc(-c2[c-]ccc3c2oc2cc(-c4ccc(F)cc4F)ccc23)c1.C[Si](C)(C)c1ccc(-c2[c-]cccc2)nc1.[Ir]. The van der Waals surface area contributed by atoms with Crippen LogP contribution in [-0.4, -0.2) is 18.0 Å². The molecule has 7 rings (SSSR count). The number of pyridine rings is 2. The Morgan fingerprint density at radius 1 is 0.766 bits per heavy atom. The summed E-state index contributed by atoms with van der Waals surface area (Å²) < 4.78 is 33.7. The summed E-state index contributed by atoms with van der Waals surface area (Å²) in [6.07, 6.45) is 3.82. The van der Waals surface area contributed by atoms with Crippen molar-refractivity contribution in [2.24, 2.45) is 0 Å². The van der Waals surface area contributed by atoms with Crippen LogP contribution < -0.4 is 5.19 Å². The monoisotopic (exact) mass is 817 g/mol. The molecule has 0 saturated carbocycles. The van der Waals surface area contributed by atoms with Gasteiger partial charge in [0, 0.05) is 49.5 Å².